The summed E-state index contributed by atoms with van der Waals surface area (Å²) in [6, 6.07) is 12.1. The summed E-state index contributed by atoms with van der Waals surface area (Å²) in [7, 11) is 0. The zero-order valence-corrected chi connectivity index (χ0v) is 17.3. The average Bonchev–Trinajstić information content (AvgIpc) is 3.21. The Morgan fingerprint density at radius 3 is 2.61 bits per heavy atom. The van der Waals surface area contributed by atoms with Gasteiger partial charge in [0.05, 0.1) is 11.7 Å². The van der Waals surface area contributed by atoms with Gasteiger partial charge in [-0.25, -0.2) is 4.79 Å². The molecule has 3 N–H and O–H groups in total. The van der Waals surface area contributed by atoms with E-state index in [9.17, 15) is 20.3 Å². The summed E-state index contributed by atoms with van der Waals surface area (Å²) >= 11 is 0. The number of aryl methyl sites for hydroxylation is 1. The van der Waals surface area contributed by atoms with Gasteiger partial charge >= 0.3 is 5.97 Å². The Hall–Kier alpha value is -3.61. The van der Waals surface area contributed by atoms with Crippen molar-refractivity contribution in [1.82, 2.24) is 0 Å². The van der Waals surface area contributed by atoms with Gasteiger partial charge in [0.25, 0.3) is 0 Å². The van der Waals surface area contributed by atoms with E-state index in [4.69, 9.17) is 14.7 Å². The summed E-state index contributed by atoms with van der Waals surface area (Å²) in [5.74, 6) is -0.516. The topological polar surface area (TPSA) is 136 Å². The summed E-state index contributed by atoms with van der Waals surface area (Å²) in [5.41, 5.74) is 2.73. The van der Waals surface area contributed by atoms with Gasteiger partial charge in [0.15, 0.2) is 18.7 Å². The van der Waals surface area contributed by atoms with E-state index in [0.717, 1.165) is 0 Å². The van der Waals surface area contributed by atoms with Crippen LogP contribution in [0.2, 0.25) is 0 Å². The number of ether oxygens (including phenoxy) is 1. The van der Waals surface area contributed by atoms with Crippen molar-refractivity contribution >= 4 is 17.5 Å². The van der Waals surface area contributed by atoms with Crippen molar-refractivity contribution < 1.29 is 29.7 Å². The lowest BCUT2D eigenvalue weighted by atomic mass is 9.98. The van der Waals surface area contributed by atoms with Gasteiger partial charge in [0.1, 0.15) is 17.9 Å². The smallest absolute Gasteiger partial charge is 0.335 e. The highest BCUT2D eigenvalue weighted by Gasteiger charge is 2.28. The maximum absolute atomic E-state index is 10.9. The molecule has 31 heavy (non-hydrogen) atoms. The molecule has 0 saturated heterocycles. The van der Waals surface area contributed by atoms with E-state index in [1.165, 1.54) is 6.07 Å². The van der Waals surface area contributed by atoms with Crippen LogP contribution in [0, 0.1) is 18.3 Å². The molecule has 2 aromatic rings. The Morgan fingerprint density at radius 1 is 1.26 bits per heavy atom. The number of aliphatic hydroxyl groups excluding tert-OH is 2. The van der Waals surface area contributed by atoms with Gasteiger partial charge in [0, 0.05) is 11.3 Å². The molecule has 3 rings (SSSR count). The second-order valence-electron chi connectivity index (χ2n) is 7.36. The predicted octanol–water partition coefficient (Wildman–Crippen LogP) is 2.29. The SMILES string of the molecule is Cc1cc(C(O)C(O)C(=O)O)ccc1C1=NOCN1c1ccc(OC(C)C)c(C#N)c1. The molecule has 0 spiro atoms. The highest BCUT2D eigenvalue weighted by molar-refractivity contribution is 6.11. The molecule has 1 aliphatic rings. The molecule has 1 heterocycles. The number of rotatable bonds is 7. The van der Waals surface area contributed by atoms with Gasteiger partial charge < -0.3 is 24.9 Å². The lowest BCUT2D eigenvalue weighted by Gasteiger charge is -2.21. The first-order valence-corrected chi connectivity index (χ1v) is 9.61. The number of hydrogen-bond donors (Lipinski definition) is 3. The molecular formula is C22H23N3O6. The lowest BCUT2D eigenvalue weighted by molar-refractivity contribution is -0.153. The Morgan fingerprint density at radius 2 is 2.00 bits per heavy atom. The van der Waals surface area contributed by atoms with Crippen molar-refractivity contribution in [2.45, 2.75) is 39.1 Å². The zero-order chi connectivity index (χ0) is 22.7. The van der Waals surface area contributed by atoms with E-state index in [0.29, 0.717) is 34.0 Å². The number of aliphatic hydroxyl groups is 2. The molecule has 0 saturated carbocycles. The zero-order valence-electron chi connectivity index (χ0n) is 17.3. The fraction of sp³-hybridized carbons (Fsp3) is 0.318. The summed E-state index contributed by atoms with van der Waals surface area (Å²) < 4.78 is 5.67. The van der Waals surface area contributed by atoms with Crippen LogP contribution < -0.4 is 9.64 Å². The van der Waals surface area contributed by atoms with E-state index in [1.54, 1.807) is 42.2 Å². The van der Waals surface area contributed by atoms with Crippen LogP contribution >= 0.6 is 0 Å². The van der Waals surface area contributed by atoms with Crippen LogP contribution in [0.3, 0.4) is 0 Å². The third-order valence-electron chi connectivity index (χ3n) is 4.74. The molecule has 2 atom stereocenters. The van der Waals surface area contributed by atoms with Crippen molar-refractivity contribution in [1.29, 1.82) is 5.26 Å². The highest BCUT2D eigenvalue weighted by atomic mass is 16.7. The summed E-state index contributed by atoms with van der Waals surface area (Å²) in [5, 5.41) is 42.2. The fourth-order valence-corrected chi connectivity index (χ4v) is 3.22. The van der Waals surface area contributed by atoms with Crippen LogP contribution in [0.4, 0.5) is 5.69 Å². The molecule has 162 valence electrons. The quantitative estimate of drug-likeness (QED) is 0.615. The number of carboxylic acids is 1. The van der Waals surface area contributed by atoms with Gasteiger partial charge in [-0.1, -0.05) is 23.4 Å². The first-order valence-electron chi connectivity index (χ1n) is 9.61. The number of benzene rings is 2. The average molecular weight is 425 g/mol. The van der Waals surface area contributed by atoms with Crippen LogP contribution in [0.5, 0.6) is 5.75 Å². The molecule has 9 nitrogen and oxygen atoms in total. The number of aliphatic carboxylic acids is 1. The number of carbonyl (C=O) groups is 1. The number of amidine groups is 1. The number of carboxylic acid groups (broad SMARTS) is 1. The van der Waals surface area contributed by atoms with Crippen molar-refractivity contribution in [3.63, 3.8) is 0 Å². The second-order valence-corrected chi connectivity index (χ2v) is 7.36. The minimum absolute atomic E-state index is 0.0682. The van der Waals surface area contributed by atoms with Crippen molar-refractivity contribution in [2.75, 3.05) is 11.6 Å². The van der Waals surface area contributed by atoms with Gasteiger partial charge in [0.2, 0.25) is 0 Å². The van der Waals surface area contributed by atoms with Crippen molar-refractivity contribution in [2.24, 2.45) is 5.16 Å². The normalized spacial score (nSPS) is 15.1. The molecule has 0 radical (unpaired) electrons. The van der Waals surface area contributed by atoms with Crippen molar-refractivity contribution in [3.05, 3.63) is 58.7 Å². The molecule has 0 aliphatic carbocycles. The predicted molar refractivity (Wildman–Crippen MR) is 112 cm³/mol. The Balaban J connectivity index is 1.90. The van der Waals surface area contributed by atoms with Crippen LogP contribution in [-0.2, 0) is 9.63 Å². The molecular weight excluding hydrogens is 402 g/mol. The third-order valence-corrected chi connectivity index (χ3v) is 4.74. The maximum atomic E-state index is 10.9. The maximum Gasteiger partial charge on any atom is 0.335 e. The van der Waals surface area contributed by atoms with E-state index >= 15 is 0 Å². The van der Waals surface area contributed by atoms with Crippen LogP contribution in [0.25, 0.3) is 0 Å². The Labute approximate surface area is 179 Å². The minimum atomic E-state index is -1.93. The summed E-state index contributed by atoms with van der Waals surface area (Å²) in [4.78, 5) is 18.0. The molecule has 0 aromatic heterocycles. The first-order chi connectivity index (χ1) is 14.7. The number of anilines is 1. The number of hydrogen-bond acceptors (Lipinski definition) is 8. The van der Waals surface area contributed by atoms with Crippen LogP contribution in [0.15, 0.2) is 41.6 Å². The van der Waals surface area contributed by atoms with E-state index in [2.05, 4.69) is 11.2 Å². The van der Waals surface area contributed by atoms with E-state index in [-0.39, 0.29) is 18.4 Å². The largest absolute Gasteiger partial charge is 0.490 e. The molecule has 0 bridgehead atoms. The number of oxime groups is 1. The van der Waals surface area contributed by atoms with Gasteiger partial charge in [-0.05, 0) is 50.1 Å². The van der Waals surface area contributed by atoms with E-state index < -0.39 is 18.2 Å². The second kappa shape index (κ2) is 9.04. The van der Waals surface area contributed by atoms with Crippen molar-refractivity contribution in [3.8, 4) is 11.8 Å². The molecule has 9 heteroatoms. The van der Waals surface area contributed by atoms with E-state index in [1.807, 2.05) is 13.8 Å². The Kier molecular flexibility index (Phi) is 6.44. The fourth-order valence-electron chi connectivity index (χ4n) is 3.22. The van der Waals surface area contributed by atoms with Gasteiger partial charge in [-0.15, -0.1) is 0 Å². The number of nitrogens with zero attached hydrogens (tertiary/aromatic N) is 3. The minimum Gasteiger partial charge on any atom is -0.490 e. The van der Waals surface area contributed by atoms with Crippen LogP contribution in [0.1, 0.15) is 42.2 Å². The molecule has 0 fully saturated rings. The molecule has 0 amide bonds. The van der Waals surface area contributed by atoms with Gasteiger partial charge in [-0.3, -0.25) is 4.90 Å². The van der Waals surface area contributed by atoms with Crippen LogP contribution in [-0.4, -0.2) is 46.1 Å². The monoisotopic (exact) mass is 425 g/mol. The summed E-state index contributed by atoms with van der Waals surface area (Å²) in [6.45, 7) is 5.68. The molecule has 1 aliphatic heterocycles. The Bertz CT molecular complexity index is 1060. The standard InChI is InChI=1S/C22H23N3O6/c1-12(2)31-18-7-5-16(9-15(18)10-23)25-11-30-24-21(25)17-6-4-14(8-13(17)3)19(26)20(27)22(28)29/h4-9,12,19-20,26-27H,11H2,1-3H3,(H,28,29). The van der Waals surface area contributed by atoms with Gasteiger partial charge in [-0.2, -0.15) is 5.26 Å². The lowest BCUT2D eigenvalue weighted by Crippen LogP contribution is -2.29. The highest BCUT2D eigenvalue weighted by Crippen LogP contribution is 2.30. The molecule has 2 unspecified atom stereocenters. The first kappa shape index (κ1) is 22.1. The third kappa shape index (κ3) is 4.60. The number of nitriles is 1. The molecule has 2 aromatic carbocycles. The summed E-state index contributed by atoms with van der Waals surface area (Å²) in [6.07, 6.45) is -3.55.